The summed E-state index contributed by atoms with van der Waals surface area (Å²) >= 11 is 0. The van der Waals surface area contributed by atoms with E-state index >= 15 is 0 Å². The molecule has 2 aliphatic rings. The van der Waals surface area contributed by atoms with E-state index in [1.807, 2.05) is 12.1 Å². The molecule has 1 spiro atoms. The number of piperidine rings is 1. The number of aromatic amines is 1. The molecule has 1 fully saturated rings. The summed E-state index contributed by atoms with van der Waals surface area (Å²) in [5.74, 6) is 0.921. The Bertz CT molecular complexity index is 1200. The monoisotopic (exact) mass is 457 g/mol. The minimum Gasteiger partial charge on any atom is -0.483 e. The number of benzene rings is 1. The molecule has 170 valence electrons. The Morgan fingerprint density at radius 1 is 1.22 bits per heavy atom. The van der Waals surface area contributed by atoms with Crippen molar-refractivity contribution in [2.24, 2.45) is 0 Å². The molecule has 1 saturated heterocycles. The average Bonchev–Trinajstić information content (AvgIpc) is 3.15. The first-order valence-corrected chi connectivity index (χ1v) is 12.6. The molecular weight excluding hydrogens is 430 g/mol. The van der Waals surface area contributed by atoms with Gasteiger partial charge in [0.25, 0.3) is 6.47 Å². The van der Waals surface area contributed by atoms with Crippen LogP contribution in [0.1, 0.15) is 29.7 Å². The molecule has 1 aromatic carbocycles. The summed E-state index contributed by atoms with van der Waals surface area (Å²) in [6.45, 7) is 2.22. The number of carboxylic acid groups (broad SMARTS) is 1. The van der Waals surface area contributed by atoms with E-state index in [1.165, 1.54) is 28.4 Å². The number of nitrogens with one attached hydrogen (secondary N) is 1. The number of hydrogen-bond donors (Lipinski definition) is 2. The van der Waals surface area contributed by atoms with Crippen LogP contribution in [0.3, 0.4) is 0 Å². The van der Waals surface area contributed by atoms with Gasteiger partial charge in [-0.3, -0.25) is 4.79 Å². The summed E-state index contributed by atoms with van der Waals surface area (Å²) in [4.78, 5) is 18.8. The lowest BCUT2D eigenvalue weighted by molar-refractivity contribution is -0.122. The maximum atomic E-state index is 11.5. The second-order valence-electron chi connectivity index (χ2n) is 8.30. The maximum Gasteiger partial charge on any atom is 0.290 e. The smallest absolute Gasteiger partial charge is 0.290 e. The highest BCUT2D eigenvalue weighted by atomic mass is 32.2. The van der Waals surface area contributed by atoms with Gasteiger partial charge in [-0.2, -0.15) is 0 Å². The fourth-order valence-electron chi connectivity index (χ4n) is 4.75. The molecule has 0 unspecified atom stereocenters. The third-order valence-electron chi connectivity index (χ3n) is 6.13. The Morgan fingerprint density at radius 3 is 2.59 bits per heavy atom. The zero-order valence-electron chi connectivity index (χ0n) is 18.0. The van der Waals surface area contributed by atoms with Gasteiger partial charge in [0.05, 0.1) is 18.1 Å². The van der Waals surface area contributed by atoms with E-state index in [4.69, 9.17) is 14.6 Å². The molecule has 2 aromatic heterocycles. The highest BCUT2D eigenvalue weighted by Gasteiger charge is 2.42. The number of sulfone groups is 1. The zero-order chi connectivity index (χ0) is 22.8. The Hall–Kier alpha value is -2.91. The van der Waals surface area contributed by atoms with E-state index in [2.05, 4.69) is 39.1 Å². The van der Waals surface area contributed by atoms with Crippen molar-refractivity contribution in [1.82, 2.24) is 9.97 Å². The molecule has 9 heteroatoms. The molecule has 32 heavy (non-hydrogen) atoms. The van der Waals surface area contributed by atoms with E-state index in [9.17, 15) is 8.42 Å². The number of fused-ring (bicyclic) bond motifs is 4. The van der Waals surface area contributed by atoms with E-state index in [1.54, 1.807) is 6.20 Å². The van der Waals surface area contributed by atoms with Gasteiger partial charge in [0.15, 0.2) is 9.84 Å². The Balaban J connectivity index is 0.000000775. The van der Waals surface area contributed by atoms with Gasteiger partial charge >= 0.3 is 0 Å². The van der Waals surface area contributed by atoms with Crippen molar-refractivity contribution >= 4 is 33.0 Å². The highest BCUT2D eigenvalue weighted by Crippen LogP contribution is 2.43. The van der Waals surface area contributed by atoms with E-state index in [0.717, 1.165) is 50.3 Å². The lowest BCUT2D eigenvalue weighted by atomic mass is 9.83. The molecule has 0 amide bonds. The van der Waals surface area contributed by atoms with Crippen LogP contribution in [0.25, 0.3) is 10.9 Å². The normalized spacial score (nSPS) is 17.5. The minimum absolute atomic E-state index is 0.0282. The van der Waals surface area contributed by atoms with E-state index in [0.29, 0.717) is 0 Å². The van der Waals surface area contributed by atoms with Crippen LogP contribution in [0.15, 0.2) is 42.6 Å². The molecule has 5 rings (SSSR count). The van der Waals surface area contributed by atoms with Crippen LogP contribution in [0, 0.1) is 0 Å². The number of anilines is 1. The summed E-state index contributed by atoms with van der Waals surface area (Å²) < 4.78 is 29.3. The van der Waals surface area contributed by atoms with Crippen LogP contribution in [-0.4, -0.2) is 55.9 Å². The van der Waals surface area contributed by atoms with Gasteiger partial charge in [-0.1, -0.05) is 24.3 Å². The molecule has 0 atom stereocenters. The van der Waals surface area contributed by atoms with Crippen molar-refractivity contribution in [2.75, 3.05) is 30.9 Å². The number of H-pyrrole nitrogens is 1. The first-order valence-electron chi connectivity index (χ1n) is 10.5. The fraction of sp³-hybridized carbons (Fsp3) is 0.391. The summed E-state index contributed by atoms with van der Waals surface area (Å²) in [6.07, 6.45) is 5.68. The summed E-state index contributed by atoms with van der Waals surface area (Å²) in [5.41, 5.74) is 4.32. The third kappa shape index (κ3) is 4.49. The predicted molar refractivity (Wildman–Crippen MR) is 123 cm³/mol. The van der Waals surface area contributed by atoms with Gasteiger partial charge in [-0.15, -0.1) is 0 Å². The molecule has 4 heterocycles. The van der Waals surface area contributed by atoms with Crippen molar-refractivity contribution in [3.63, 3.8) is 0 Å². The SMILES string of the molecule is CS(=O)(=O)Cc1ccc(N2CCC3(CC2)OCCc2c3[nH]c3ccccc23)nc1.O=CO. The van der Waals surface area contributed by atoms with Crippen molar-refractivity contribution in [3.05, 3.63) is 59.4 Å². The Morgan fingerprint density at radius 2 is 1.94 bits per heavy atom. The molecule has 0 radical (unpaired) electrons. The van der Waals surface area contributed by atoms with Crippen molar-refractivity contribution in [1.29, 1.82) is 0 Å². The highest BCUT2D eigenvalue weighted by molar-refractivity contribution is 7.89. The first kappa shape index (κ1) is 22.3. The lowest BCUT2D eigenvalue weighted by Crippen LogP contribution is -2.47. The van der Waals surface area contributed by atoms with E-state index < -0.39 is 9.84 Å². The number of hydrogen-bond acceptors (Lipinski definition) is 6. The van der Waals surface area contributed by atoms with Gasteiger partial charge in [-0.05, 0) is 42.5 Å². The maximum absolute atomic E-state index is 11.5. The number of pyridine rings is 1. The minimum atomic E-state index is -3.05. The number of aromatic nitrogens is 2. The Kier molecular flexibility index (Phi) is 6.21. The van der Waals surface area contributed by atoms with Crippen LogP contribution >= 0.6 is 0 Å². The second kappa shape index (κ2) is 8.91. The number of nitrogens with zero attached hydrogens (tertiary/aromatic N) is 2. The Labute approximate surface area is 187 Å². The second-order valence-corrected chi connectivity index (χ2v) is 10.4. The van der Waals surface area contributed by atoms with Gasteiger partial charge in [0.2, 0.25) is 0 Å². The molecule has 2 N–H and O–H groups in total. The molecule has 0 aliphatic carbocycles. The number of ether oxygens (including phenoxy) is 1. The third-order valence-corrected chi connectivity index (χ3v) is 6.99. The van der Waals surface area contributed by atoms with Crippen molar-refractivity contribution in [3.8, 4) is 0 Å². The van der Waals surface area contributed by atoms with Gasteiger partial charge in [0, 0.05) is 36.4 Å². The number of carbonyl (C=O) groups is 1. The zero-order valence-corrected chi connectivity index (χ0v) is 18.8. The van der Waals surface area contributed by atoms with Gasteiger partial charge in [-0.25, -0.2) is 13.4 Å². The first-order chi connectivity index (χ1) is 15.3. The number of rotatable bonds is 3. The van der Waals surface area contributed by atoms with Gasteiger partial charge < -0.3 is 19.7 Å². The largest absolute Gasteiger partial charge is 0.483 e. The topological polar surface area (TPSA) is 113 Å². The van der Waals surface area contributed by atoms with Crippen molar-refractivity contribution < 1.29 is 23.1 Å². The quantitative estimate of drug-likeness (QED) is 0.582. The van der Waals surface area contributed by atoms with E-state index in [-0.39, 0.29) is 17.8 Å². The molecule has 0 saturated carbocycles. The molecule has 0 bridgehead atoms. The molecule has 8 nitrogen and oxygen atoms in total. The van der Waals surface area contributed by atoms with Gasteiger partial charge in [0.1, 0.15) is 11.4 Å². The standard InChI is InChI=1S/C22H25N3O3S.CH2O2/c1-29(26,27)15-16-6-7-20(23-14-16)25-11-9-22(10-12-25)21-18(8-13-28-22)17-4-2-3-5-19(17)24-21;2-1-3/h2-7,14,24H,8-13,15H2,1H3;1H,(H,2,3). The summed E-state index contributed by atoms with van der Waals surface area (Å²) in [5, 5.41) is 8.20. The summed E-state index contributed by atoms with van der Waals surface area (Å²) in [6, 6.07) is 12.3. The van der Waals surface area contributed by atoms with Crippen LogP contribution in [0.2, 0.25) is 0 Å². The van der Waals surface area contributed by atoms with Crippen molar-refractivity contribution in [2.45, 2.75) is 30.6 Å². The lowest BCUT2D eigenvalue weighted by Gasteiger charge is -2.44. The average molecular weight is 458 g/mol. The predicted octanol–water partition coefficient (Wildman–Crippen LogP) is 2.88. The number of para-hydroxylation sites is 1. The van der Waals surface area contributed by atoms with Crippen LogP contribution in [0.4, 0.5) is 5.82 Å². The van der Waals surface area contributed by atoms with Crippen LogP contribution in [0.5, 0.6) is 0 Å². The van der Waals surface area contributed by atoms with Crippen LogP contribution in [-0.2, 0) is 37.1 Å². The molecule has 2 aliphatic heterocycles. The molecule has 3 aromatic rings. The molecular formula is C23H27N3O5S. The van der Waals surface area contributed by atoms with Crippen LogP contribution < -0.4 is 4.90 Å². The fourth-order valence-corrected chi connectivity index (χ4v) is 5.53. The summed E-state index contributed by atoms with van der Waals surface area (Å²) in [7, 11) is -3.05.